The van der Waals surface area contributed by atoms with Gasteiger partial charge in [-0.25, -0.2) is 27.9 Å². The van der Waals surface area contributed by atoms with Gasteiger partial charge < -0.3 is 13.9 Å². The van der Waals surface area contributed by atoms with Crippen molar-refractivity contribution in [3.63, 3.8) is 0 Å². The molecule has 0 spiro atoms. The standard InChI is InChI=1S/C27H24F2N2O6/c1-14-13-19(29)9-10-20(14)22(17-5-7-18(28)8-6-17)16(3)36-26(33)15(2)31-25(32)23-24(37-27(31)34)21(35-4)11-12-30-23/h5-13,15-16,22H,1-4H3/t15-,16-,22-/m0/s1. The van der Waals surface area contributed by atoms with E-state index >= 15 is 0 Å². The third kappa shape index (κ3) is 5.00. The fourth-order valence-electron chi connectivity index (χ4n) is 4.33. The number of carbonyl (C=O) groups excluding carboxylic acids is 1. The molecule has 2 aromatic carbocycles. The van der Waals surface area contributed by atoms with Crippen LogP contribution in [0, 0.1) is 18.6 Å². The normalized spacial score (nSPS) is 13.7. The Labute approximate surface area is 210 Å². The molecular weight excluding hydrogens is 486 g/mol. The summed E-state index contributed by atoms with van der Waals surface area (Å²) in [7, 11) is 1.35. The van der Waals surface area contributed by atoms with Crippen molar-refractivity contribution in [1.82, 2.24) is 9.55 Å². The summed E-state index contributed by atoms with van der Waals surface area (Å²) in [5.41, 5.74) is 0.747. The number of hydrogen-bond donors (Lipinski definition) is 0. The molecule has 192 valence electrons. The van der Waals surface area contributed by atoms with Gasteiger partial charge in [0, 0.05) is 18.2 Å². The molecule has 0 N–H and O–H groups in total. The average Bonchev–Trinajstić information content (AvgIpc) is 2.86. The number of halogens is 2. The van der Waals surface area contributed by atoms with Crippen molar-refractivity contribution in [3.05, 3.63) is 104 Å². The third-order valence-corrected chi connectivity index (χ3v) is 6.19. The molecule has 0 saturated carbocycles. The molecule has 0 radical (unpaired) electrons. The maximum atomic E-state index is 13.8. The number of esters is 1. The van der Waals surface area contributed by atoms with E-state index in [-0.39, 0.29) is 16.8 Å². The Bertz CT molecular complexity index is 1580. The molecule has 0 fully saturated rings. The highest BCUT2D eigenvalue weighted by Crippen LogP contribution is 2.33. The van der Waals surface area contributed by atoms with E-state index in [9.17, 15) is 23.2 Å². The van der Waals surface area contributed by atoms with E-state index in [0.29, 0.717) is 21.3 Å². The molecule has 0 aliphatic carbocycles. The first-order chi connectivity index (χ1) is 17.6. The van der Waals surface area contributed by atoms with Gasteiger partial charge in [-0.3, -0.25) is 4.79 Å². The van der Waals surface area contributed by atoms with Crippen LogP contribution in [0.15, 0.2) is 68.7 Å². The van der Waals surface area contributed by atoms with Gasteiger partial charge in [0.05, 0.1) is 7.11 Å². The molecule has 4 aromatic rings. The summed E-state index contributed by atoms with van der Waals surface area (Å²) >= 11 is 0. The van der Waals surface area contributed by atoms with Gasteiger partial charge >= 0.3 is 11.7 Å². The van der Waals surface area contributed by atoms with Crippen molar-refractivity contribution in [2.24, 2.45) is 0 Å². The summed E-state index contributed by atoms with van der Waals surface area (Å²) < 4.78 is 44.1. The Morgan fingerprint density at radius 2 is 1.70 bits per heavy atom. The number of methoxy groups -OCH3 is 1. The summed E-state index contributed by atoms with van der Waals surface area (Å²) in [5.74, 6) is -3.27. The minimum absolute atomic E-state index is 0.131. The average molecular weight is 510 g/mol. The minimum Gasteiger partial charge on any atom is -0.493 e. The van der Waals surface area contributed by atoms with Gasteiger partial charge in [-0.2, -0.15) is 0 Å². The van der Waals surface area contributed by atoms with Gasteiger partial charge in [-0.1, -0.05) is 18.2 Å². The number of rotatable bonds is 7. The molecule has 3 atom stereocenters. The predicted molar refractivity (Wildman–Crippen MR) is 131 cm³/mol. The molecule has 10 heteroatoms. The van der Waals surface area contributed by atoms with Crippen molar-refractivity contribution in [2.45, 2.75) is 38.8 Å². The van der Waals surface area contributed by atoms with Gasteiger partial charge in [0.25, 0.3) is 5.56 Å². The quantitative estimate of drug-likeness (QED) is 0.342. The first kappa shape index (κ1) is 25.7. The van der Waals surface area contributed by atoms with Gasteiger partial charge in [0.15, 0.2) is 11.3 Å². The van der Waals surface area contributed by atoms with Crippen LogP contribution in [0.1, 0.15) is 42.5 Å². The van der Waals surface area contributed by atoms with Crippen LogP contribution in [0.2, 0.25) is 0 Å². The Morgan fingerprint density at radius 1 is 1.03 bits per heavy atom. The van der Waals surface area contributed by atoms with Crippen LogP contribution >= 0.6 is 0 Å². The van der Waals surface area contributed by atoms with Crippen molar-refractivity contribution < 1.29 is 27.5 Å². The number of ether oxygens (including phenoxy) is 2. The molecule has 0 aliphatic heterocycles. The highest BCUT2D eigenvalue weighted by molar-refractivity contribution is 5.78. The molecule has 2 heterocycles. The lowest BCUT2D eigenvalue weighted by atomic mass is 9.84. The fraction of sp³-hybridized carbons (Fsp3) is 0.259. The highest BCUT2D eigenvalue weighted by atomic mass is 19.1. The molecule has 0 aliphatic rings. The maximum Gasteiger partial charge on any atom is 0.423 e. The van der Waals surface area contributed by atoms with E-state index in [1.807, 2.05) is 0 Å². The molecule has 4 rings (SSSR count). The Hall–Kier alpha value is -4.34. The first-order valence-corrected chi connectivity index (χ1v) is 11.4. The molecular formula is C27H24F2N2O6. The minimum atomic E-state index is -1.35. The van der Waals surface area contributed by atoms with Gasteiger partial charge in [0.2, 0.25) is 5.58 Å². The van der Waals surface area contributed by atoms with E-state index in [0.717, 1.165) is 0 Å². The lowest BCUT2D eigenvalue weighted by Gasteiger charge is -2.27. The Kier molecular flexibility index (Phi) is 7.19. The number of benzene rings is 2. The number of hydrogen-bond acceptors (Lipinski definition) is 7. The predicted octanol–water partition coefficient (Wildman–Crippen LogP) is 4.27. The van der Waals surface area contributed by atoms with E-state index in [2.05, 4.69) is 4.98 Å². The molecule has 0 saturated heterocycles. The van der Waals surface area contributed by atoms with Crippen LogP contribution in [0.5, 0.6) is 5.75 Å². The largest absolute Gasteiger partial charge is 0.493 e. The van der Waals surface area contributed by atoms with E-state index in [4.69, 9.17) is 13.9 Å². The zero-order valence-corrected chi connectivity index (χ0v) is 20.5. The van der Waals surface area contributed by atoms with E-state index in [1.165, 1.54) is 50.6 Å². The molecule has 0 bridgehead atoms. The molecule has 8 nitrogen and oxygen atoms in total. The Morgan fingerprint density at radius 3 is 2.35 bits per heavy atom. The lowest BCUT2D eigenvalue weighted by molar-refractivity contribution is -0.152. The fourth-order valence-corrected chi connectivity index (χ4v) is 4.33. The summed E-state index contributed by atoms with van der Waals surface area (Å²) in [6.07, 6.45) is 0.474. The monoisotopic (exact) mass is 510 g/mol. The topological polar surface area (TPSA) is 101 Å². The third-order valence-electron chi connectivity index (χ3n) is 6.19. The van der Waals surface area contributed by atoms with Crippen LogP contribution in [-0.2, 0) is 9.53 Å². The summed E-state index contributed by atoms with van der Waals surface area (Å²) in [6, 6.07) is 9.96. The second-order valence-corrected chi connectivity index (χ2v) is 8.58. The van der Waals surface area contributed by atoms with Crippen molar-refractivity contribution >= 4 is 17.1 Å². The summed E-state index contributed by atoms with van der Waals surface area (Å²) in [5, 5.41) is 0. The van der Waals surface area contributed by atoms with Gasteiger partial charge in [0.1, 0.15) is 23.8 Å². The lowest BCUT2D eigenvalue weighted by Crippen LogP contribution is -2.40. The number of carbonyl (C=O) groups is 1. The number of nitrogens with zero attached hydrogens (tertiary/aromatic N) is 2. The van der Waals surface area contributed by atoms with Crippen LogP contribution in [0.25, 0.3) is 11.1 Å². The summed E-state index contributed by atoms with van der Waals surface area (Å²) in [4.78, 5) is 42.8. The number of pyridine rings is 1. The second kappa shape index (κ2) is 10.3. The van der Waals surface area contributed by atoms with Crippen molar-refractivity contribution in [1.29, 1.82) is 0 Å². The van der Waals surface area contributed by atoms with Crippen molar-refractivity contribution in [3.8, 4) is 5.75 Å². The number of fused-ring (bicyclic) bond motifs is 1. The molecule has 2 aromatic heterocycles. The molecule has 0 unspecified atom stereocenters. The van der Waals surface area contributed by atoms with Gasteiger partial charge in [-0.15, -0.1) is 0 Å². The smallest absolute Gasteiger partial charge is 0.423 e. The van der Waals surface area contributed by atoms with Crippen LogP contribution in [-0.4, -0.2) is 28.7 Å². The Balaban J connectivity index is 1.70. The molecule has 37 heavy (non-hydrogen) atoms. The van der Waals surface area contributed by atoms with Crippen LogP contribution in [0.3, 0.4) is 0 Å². The number of aromatic nitrogens is 2. The zero-order chi connectivity index (χ0) is 26.9. The van der Waals surface area contributed by atoms with E-state index in [1.54, 1.807) is 32.0 Å². The SMILES string of the molecule is COc1ccnc2c(=O)n([C@@H](C)C(=O)O[C@@H](C)[C@@H](c3ccc(F)cc3)c3ccc(F)cc3C)c(=O)oc12. The highest BCUT2D eigenvalue weighted by Gasteiger charge is 2.30. The summed E-state index contributed by atoms with van der Waals surface area (Å²) in [6.45, 7) is 4.67. The van der Waals surface area contributed by atoms with E-state index < -0.39 is 47.0 Å². The van der Waals surface area contributed by atoms with Gasteiger partial charge in [-0.05, 0) is 61.7 Å². The van der Waals surface area contributed by atoms with Crippen LogP contribution in [0.4, 0.5) is 8.78 Å². The molecule has 0 amide bonds. The maximum absolute atomic E-state index is 13.8. The van der Waals surface area contributed by atoms with Crippen molar-refractivity contribution in [2.75, 3.05) is 7.11 Å². The van der Waals surface area contributed by atoms with Crippen LogP contribution < -0.4 is 16.1 Å². The number of aryl methyl sites for hydroxylation is 1. The first-order valence-electron chi connectivity index (χ1n) is 11.4. The second-order valence-electron chi connectivity index (χ2n) is 8.58. The zero-order valence-electron chi connectivity index (χ0n) is 20.5.